The van der Waals surface area contributed by atoms with E-state index in [9.17, 15) is 9.90 Å². The molecule has 180 valence electrons. The smallest absolute Gasteiger partial charge is 0.331 e. The third-order valence-corrected chi connectivity index (χ3v) is 6.28. The van der Waals surface area contributed by atoms with Crippen molar-refractivity contribution in [1.82, 2.24) is 9.47 Å². The number of rotatable bonds is 8. The molecular formula is C28H23BrN4O3. The summed E-state index contributed by atoms with van der Waals surface area (Å²) in [4.78, 5) is 14.6. The maximum absolute atomic E-state index is 12.3. The Hall–Kier alpha value is -4.01. The molecule has 0 aliphatic rings. The summed E-state index contributed by atoms with van der Waals surface area (Å²) < 4.78 is 7.72. The second-order valence-electron chi connectivity index (χ2n) is 8.34. The highest BCUT2D eigenvalue weighted by Gasteiger charge is 2.20. The average molecular weight is 543 g/mol. The first-order chi connectivity index (χ1) is 17.6. The summed E-state index contributed by atoms with van der Waals surface area (Å²) in [5, 5.41) is 19.9. The molecule has 1 amide bonds. The van der Waals surface area contributed by atoms with Gasteiger partial charge in [-0.25, -0.2) is 0 Å². The first-order valence-corrected chi connectivity index (χ1v) is 12.2. The Bertz CT molecular complexity index is 1460. The SMILES string of the molecule is O=C(N=Nc1c(O)n(CN(Cc2ccccc2)Cc2ccccc2)c2ccc(Br)cc12)c1ccco1. The molecule has 2 aromatic heterocycles. The fourth-order valence-electron chi connectivity index (χ4n) is 4.12. The average Bonchev–Trinajstić information content (AvgIpc) is 3.51. The van der Waals surface area contributed by atoms with Crippen molar-refractivity contribution in [2.45, 2.75) is 19.8 Å². The van der Waals surface area contributed by atoms with Crippen LogP contribution in [-0.4, -0.2) is 20.5 Å². The summed E-state index contributed by atoms with van der Waals surface area (Å²) in [6.45, 7) is 1.76. The van der Waals surface area contributed by atoms with E-state index in [1.165, 1.54) is 12.3 Å². The van der Waals surface area contributed by atoms with Crippen LogP contribution in [0.2, 0.25) is 0 Å². The van der Waals surface area contributed by atoms with Crippen molar-refractivity contribution in [3.05, 3.63) is 119 Å². The van der Waals surface area contributed by atoms with Gasteiger partial charge in [-0.2, -0.15) is 0 Å². The number of carbonyl (C=O) groups excluding carboxylic acids is 1. The van der Waals surface area contributed by atoms with E-state index in [-0.39, 0.29) is 17.3 Å². The zero-order valence-electron chi connectivity index (χ0n) is 19.3. The number of furan rings is 1. The fourth-order valence-corrected chi connectivity index (χ4v) is 4.48. The molecule has 0 aliphatic heterocycles. The van der Waals surface area contributed by atoms with Crippen LogP contribution < -0.4 is 0 Å². The molecule has 0 atom stereocenters. The van der Waals surface area contributed by atoms with Crippen molar-refractivity contribution in [3.63, 3.8) is 0 Å². The first-order valence-electron chi connectivity index (χ1n) is 11.4. The Kier molecular flexibility index (Phi) is 7.06. The van der Waals surface area contributed by atoms with Gasteiger partial charge in [-0.3, -0.25) is 14.3 Å². The van der Waals surface area contributed by atoms with Gasteiger partial charge in [0.05, 0.1) is 18.4 Å². The molecule has 2 heterocycles. The Morgan fingerprint density at radius 3 is 2.19 bits per heavy atom. The Morgan fingerprint density at radius 2 is 1.58 bits per heavy atom. The van der Waals surface area contributed by atoms with Crippen molar-refractivity contribution in [2.24, 2.45) is 10.2 Å². The molecular weight excluding hydrogens is 520 g/mol. The molecule has 5 rings (SSSR count). The van der Waals surface area contributed by atoms with E-state index in [1.807, 2.05) is 54.6 Å². The zero-order chi connectivity index (χ0) is 24.9. The lowest BCUT2D eigenvalue weighted by molar-refractivity contribution is 0.0968. The molecule has 5 aromatic rings. The predicted octanol–water partition coefficient (Wildman–Crippen LogP) is 7.29. The number of amides is 1. The summed E-state index contributed by atoms with van der Waals surface area (Å²) in [5.74, 6) is -0.602. The molecule has 0 radical (unpaired) electrons. The minimum Gasteiger partial charge on any atom is -0.493 e. The molecule has 36 heavy (non-hydrogen) atoms. The van der Waals surface area contributed by atoms with Gasteiger partial charge in [0.15, 0.2) is 11.4 Å². The monoisotopic (exact) mass is 542 g/mol. The number of aromatic hydroxyl groups is 1. The van der Waals surface area contributed by atoms with Crippen LogP contribution in [0.25, 0.3) is 10.9 Å². The van der Waals surface area contributed by atoms with Crippen molar-refractivity contribution < 1.29 is 14.3 Å². The number of aromatic nitrogens is 1. The minimum atomic E-state index is -0.620. The Balaban J connectivity index is 1.52. The number of hydrogen-bond acceptors (Lipinski definition) is 5. The van der Waals surface area contributed by atoms with Gasteiger partial charge in [-0.05, 0) is 41.5 Å². The zero-order valence-corrected chi connectivity index (χ0v) is 20.9. The molecule has 0 unspecified atom stereocenters. The summed E-state index contributed by atoms with van der Waals surface area (Å²) in [6.07, 6.45) is 1.40. The number of benzene rings is 3. The van der Waals surface area contributed by atoms with E-state index >= 15 is 0 Å². The van der Waals surface area contributed by atoms with Gasteiger partial charge in [0.1, 0.15) is 0 Å². The van der Waals surface area contributed by atoms with E-state index < -0.39 is 5.91 Å². The highest BCUT2D eigenvalue weighted by Crippen LogP contribution is 2.40. The van der Waals surface area contributed by atoms with Gasteiger partial charge in [-0.15, -0.1) is 10.2 Å². The van der Waals surface area contributed by atoms with Crippen molar-refractivity contribution in [2.75, 3.05) is 0 Å². The van der Waals surface area contributed by atoms with Crippen LogP contribution in [0.5, 0.6) is 5.88 Å². The molecule has 8 heteroatoms. The largest absolute Gasteiger partial charge is 0.493 e. The lowest BCUT2D eigenvalue weighted by atomic mass is 10.2. The summed E-state index contributed by atoms with van der Waals surface area (Å²) >= 11 is 3.50. The molecule has 1 N–H and O–H groups in total. The number of azo groups is 1. The van der Waals surface area contributed by atoms with E-state index in [1.54, 1.807) is 10.6 Å². The maximum atomic E-state index is 12.3. The van der Waals surface area contributed by atoms with E-state index in [2.05, 4.69) is 55.3 Å². The highest BCUT2D eigenvalue weighted by atomic mass is 79.9. The number of halogens is 1. The van der Waals surface area contributed by atoms with E-state index in [0.29, 0.717) is 25.1 Å². The van der Waals surface area contributed by atoms with E-state index in [0.717, 1.165) is 21.1 Å². The van der Waals surface area contributed by atoms with E-state index in [4.69, 9.17) is 4.42 Å². The van der Waals surface area contributed by atoms with Crippen molar-refractivity contribution >= 4 is 38.4 Å². The number of fused-ring (bicyclic) bond motifs is 1. The van der Waals surface area contributed by atoms with Crippen LogP contribution in [0.3, 0.4) is 0 Å². The Labute approximate surface area is 216 Å². The minimum absolute atomic E-state index is 0.0646. The van der Waals surface area contributed by atoms with Gasteiger partial charge in [0, 0.05) is 22.9 Å². The molecule has 7 nitrogen and oxygen atoms in total. The first kappa shape index (κ1) is 23.7. The maximum Gasteiger partial charge on any atom is 0.331 e. The molecule has 0 aliphatic carbocycles. The molecule has 3 aromatic carbocycles. The summed E-state index contributed by atoms with van der Waals surface area (Å²) in [5.41, 5.74) is 3.33. The van der Waals surface area contributed by atoms with Crippen molar-refractivity contribution in [1.29, 1.82) is 0 Å². The second kappa shape index (κ2) is 10.7. The molecule has 0 bridgehead atoms. The van der Waals surface area contributed by atoms with Gasteiger partial charge < -0.3 is 9.52 Å². The quantitative estimate of drug-likeness (QED) is 0.209. The Morgan fingerprint density at radius 1 is 0.917 bits per heavy atom. The van der Waals surface area contributed by atoms with Crippen LogP contribution in [0.1, 0.15) is 21.7 Å². The van der Waals surface area contributed by atoms with Crippen molar-refractivity contribution in [3.8, 4) is 5.88 Å². The summed E-state index contributed by atoms with van der Waals surface area (Å²) in [7, 11) is 0. The number of hydrogen-bond donors (Lipinski definition) is 1. The van der Waals surface area contributed by atoms with Crippen LogP contribution in [0.15, 0.2) is 116 Å². The third-order valence-electron chi connectivity index (χ3n) is 5.78. The molecule has 0 saturated heterocycles. The standard InChI is InChI=1S/C28H23BrN4O3/c29-22-13-14-24-23(16-22)26(30-31-27(34)25-12-7-15-36-25)28(35)33(24)19-32(17-20-8-3-1-4-9-20)18-21-10-5-2-6-11-21/h1-16,35H,17-19H2. The highest BCUT2D eigenvalue weighted by molar-refractivity contribution is 9.10. The van der Waals surface area contributed by atoms with Crippen LogP contribution in [-0.2, 0) is 19.8 Å². The van der Waals surface area contributed by atoms with Gasteiger partial charge in [-0.1, -0.05) is 76.6 Å². The molecule has 0 fully saturated rings. The second-order valence-corrected chi connectivity index (χ2v) is 9.26. The predicted molar refractivity (Wildman–Crippen MR) is 141 cm³/mol. The normalized spacial score (nSPS) is 11.6. The summed E-state index contributed by atoms with van der Waals surface area (Å²) in [6, 6.07) is 29.2. The van der Waals surface area contributed by atoms with Crippen LogP contribution in [0, 0.1) is 0 Å². The lowest BCUT2D eigenvalue weighted by Crippen LogP contribution is -2.25. The third kappa shape index (κ3) is 5.30. The van der Waals surface area contributed by atoms with Gasteiger partial charge >= 0.3 is 5.91 Å². The lowest BCUT2D eigenvalue weighted by Gasteiger charge is -2.24. The van der Waals surface area contributed by atoms with Crippen LogP contribution in [0.4, 0.5) is 5.69 Å². The number of carbonyl (C=O) groups is 1. The van der Waals surface area contributed by atoms with Gasteiger partial charge in [0.25, 0.3) is 0 Å². The molecule has 0 spiro atoms. The van der Waals surface area contributed by atoms with Gasteiger partial charge in [0.2, 0.25) is 5.88 Å². The topological polar surface area (TPSA) is 83.3 Å². The molecule has 0 saturated carbocycles. The number of nitrogens with zero attached hydrogens (tertiary/aromatic N) is 4. The fraction of sp³-hybridized carbons (Fsp3) is 0.107. The van der Waals surface area contributed by atoms with Crippen LogP contribution >= 0.6 is 15.9 Å².